The highest BCUT2D eigenvalue weighted by Gasteiger charge is 2.36. The summed E-state index contributed by atoms with van der Waals surface area (Å²) in [4.78, 5) is 13.6. The number of hydrogen-bond acceptors (Lipinski definition) is 8. The van der Waals surface area contributed by atoms with E-state index in [2.05, 4.69) is 48.9 Å². The molecule has 4 aromatic heterocycles. The molecule has 4 heterocycles. The highest BCUT2D eigenvalue weighted by Crippen LogP contribution is 2.40. The first kappa shape index (κ1) is 19.4. The quantitative estimate of drug-likeness (QED) is 0.455. The summed E-state index contributed by atoms with van der Waals surface area (Å²) in [6.07, 6.45) is 8.55. The van der Waals surface area contributed by atoms with Crippen LogP contribution in [0.3, 0.4) is 0 Å². The van der Waals surface area contributed by atoms with E-state index in [0.29, 0.717) is 17.3 Å². The van der Waals surface area contributed by atoms with E-state index in [-0.39, 0.29) is 5.54 Å². The van der Waals surface area contributed by atoms with Crippen molar-refractivity contribution in [1.82, 2.24) is 35.3 Å². The molecule has 5 rings (SSSR count). The van der Waals surface area contributed by atoms with Crippen LogP contribution in [0.1, 0.15) is 30.9 Å². The van der Waals surface area contributed by atoms with Crippen molar-refractivity contribution in [1.29, 1.82) is 0 Å². The Labute approximate surface area is 180 Å². The number of nitrogens with one attached hydrogen (secondary N) is 2. The molecule has 1 atom stereocenters. The lowest BCUT2D eigenvalue weighted by Crippen LogP contribution is -2.37. The number of aryl methyl sites for hydroxylation is 2. The number of nitrogens with zero attached hydrogens (tertiary/aromatic N) is 6. The van der Waals surface area contributed by atoms with Crippen LogP contribution in [0.25, 0.3) is 22.2 Å². The van der Waals surface area contributed by atoms with Crippen LogP contribution in [0, 0.1) is 0 Å². The standard InChI is InChI=1S/C22H25N9/c1-4-22(24-2)6-5-13-10-25-20(9-16(13)22)29-19-8-14-7-17(18-12-27-30-31(18)3)28-21(23)15(14)11-26-19/h7-12,24H,4-6H2,1-3H3,(H2,23,28)(H,25,26,29)/t22-/m1/s1. The van der Waals surface area contributed by atoms with E-state index < -0.39 is 0 Å². The lowest BCUT2D eigenvalue weighted by atomic mass is 9.89. The molecule has 158 valence electrons. The second-order valence-electron chi connectivity index (χ2n) is 7.96. The monoisotopic (exact) mass is 415 g/mol. The van der Waals surface area contributed by atoms with E-state index in [4.69, 9.17) is 5.73 Å². The number of pyridine rings is 3. The smallest absolute Gasteiger partial charge is 0.133 e. The summed E-state index contributed by atoms with van der Waals surface area (Å²) in [5.41, 5.74) is 10.3. The fraction of sp³-hybridized carbons (Fsp3) is 0.318. The van der Waals surface area contributed by atoms with Crippen LogP contribution < -0.4 is 16.4 Å². The second kappa shape index (κ2) is 7.28. The number of anilines is 3. The third-order valence-electron chi connectivity index (χ3n) is 6.38. The van der Waals surface area contributed by atoms with E-state index in [0.717, 1.165) is 41.5 Å². The van der Waals surface area contributed by atoms with E-state index in [1.807, 2.05) is 32.4 Å². The van der Waals surface area contributed by atoms with Gasteiger partial charge in [0.2, 0.25) is 0 Å². The molecule has 4 N–H and O–H groups in total. The van der Waals surface area contributed by atoms with E-state index >= 15 is 0 Å². The molecule has 31 heavy (non-hydrogen) atoms. The van der Waals surface area contributed by atoms with Gasteiger partial charge in [0.25, 0.3) is 0 Å². The minimum atomic E-state index is 0.0116. The van der Waals surface area contributed by atoms with Gasteiger partial charge < -0.3 is 16.4 Å². The highest BCUT2D eigenvalue weighted by molar-refractivity contribution is 5.94. The Balaban J connectivity index is 1.51. The van der Waals surface area contributed by atoms with Gasteiger partial charge in [-0.25, -0.2) is 19.6 Å². The van der Waals surface area contributed by atoms with Gasteiger partial charge in [0.1, 0.15) is 23.1 Å². The van der Waals surface area contributed by atoms with Crippen LogP contribution in [-0.4, -0.2) is 37.0 Å². The third kappa shape index (κ3) is 3.17. The summed E-state index contributed by atoms with van der Waals surface area (Å²) < 4.78 is 1.67. The van der Waals surface area contributed by atoms with E-state index in [1.54, 1.807) is 17.1 Å². The molecule has 0 bridgehead atoms. The molecule has 4 aromatic rings. The van der Waals surface area contributed by atoms with Crippen LogP contribution in [-0.2, 0) is 19.0 Å². The minimum absolute atomic E-state index is 0.0116. The molecule has 0 saturated carbocycles. The molecule has 0 amide bonds. The SMILES string of the molecule is CC[C@@]1(NC)CCc2cnc(Nc3cc4cc(-c5cnnn5C)nc(N)c4cn3)cc21. The van der Waals surface area contributed by atoms with Crippen molar-refractivity contribution in [2.75, 3.05) is 18.1 Å². The Kier molecular flexibility index (Phi) is 4.55. The average Bonchev–Trinajstić information content (AvgIpc) is 3.37. The molecule has 1 aliphatic carbocycles. The maximum Gasteiger partial charge on any atom is 0.133 e. The fourth-order valence-electron chi connectivity index (χ4n) is 4.51. The van der Waals surface area contributed by atoms with Crippen molar-refractivity contribution in [2.24, 2.45) is 7.05 Å². The molecular weight excluding hydrogens is 390 g/mol. The Morgan fingerprint density at radius 3 is 2.68 bits per heavy atom. The van der Waals surface area contributed by atoms with Crippen molar-refractivity contribution in [3.63, 3.8) is 0 Å². The van der Waals surface area contributed by atoms with Gasteiger partial charge in [-0.15, -0.1) is 5.10 Å². The van der Waals surface area contributed by atoms with E-state index in [1.165, 1.54) is 11.1 Å². The predicted molar refractivity (Wildman–Crippen MR) is 121 cm³/mol. The third-order valence-corrected chi connectivity index (χ3v) is 6.38. The van der Waals surface area contributed by atoms with Crippen molar-refractivity contribution in [3.05, 3.63) is 47.9 Å². The van der Waals surface area contributed by atoms with Gasteiger partial charge in [0, 0.05) is 30.4 Å². The Bertz CT molecular complexity index is 1270. The summed E-state index contributed by atoms with van der Waals surface area (Å²) in [5, 5.41) is 16.5. The largest absolute Gasteiger partial charge is 0.383 e. The Morgan fingerprint density at radius 2 is 1.94 bits per heavy atom. The second-order valence-corrected chi connectivity index (χ2v) is 7.96. The maximum absolute atomic E-state index is 6.20. The average molecular weight is 416 g/mol. The zero-order valence-electron chi connectivity index (χ0n) is 17.8. The number of nitrogen functional groups attached to an aromatic ring is 1. The van der Waals surface area contributed by atoms with Crippen molar-refractivity contribution in [3.8, 4) is 11.4 Å². The topological polar surface area (TPSA) is 119 Å². The number of rotatable bonds is 5. The lowest BCUT2D eigenvalue weighted by molar-refractivity contribution is 0.346. The first-order valence-corrected chi connectivity index (χ1v) is 10.4. The highest BCUT2D eigenvalue weighted by atomic mass is 15.4. The summed E-state index contributed by atoms with van der Waals surface area (Å²) in [7, 11) is 3.86. The molecule has 0 unspecified atom stereocenters. The van der Waals surface area contributed by atoms with Crippen LogP contribution >= 0.6 is 0 Å². The van der Waals surface area contributed by atoms with Crippen LogP contribution in [0.15, 0.2) is 36.8 Å². The first-order valence-electron chi connectivity index (χ1n) is 10.4. The fourth-order valence-corrected chi connectivity index (χ4v) is 4.51. The van der Waals surface area contributed by atoms with Gasteiger partial charge in [-0.1, -0.05) is 12.1 Å². The van der Waals surface area contributed by atoms with Gasteiger partial charge in [0.05, 0.1) is 11.9 Å². The zero-order chi connectivity index (χ0) is 21.6. The predicted octanol–water partition coefficient (Wildman–Crippen LogP) is 2.92. The summed E-state index contributed by atoms with van der Waals surface area (Å²) in [5.74, 6) is 1.90. The van der Waals surface area contributed by atoms with Gasteiger partial charge >= 0.3 is 0 Å². The molecular formula is C22H25N9. The first-order chi connectivity index (χ1) is 15.0. The van der Waals surface area contributed by atoms with Crippen molar-refractivity contribution in [2.45, 2.75) is 31.7 Å². The van der Waals surface area contributed by atoms with Crippen LogP contribution in [0.5, 0.6) is 0 Å². The summed E-state index contributed by atoms with van der Waals surface area (Å²) in [6, 6.07) is 6.07. The summed E-state index contributed by atoms with van der Waals surface area (Å²) in [6.45, 7) is 2.22. The minimum Gasteiger partial charge on any atom is -0.383 e. The van der Waals surface area contributed by atoms with E-state index in [9.17, 15) is 0 Å². The molecule has 9 nitrogen and oxygen atoms in total. The van der Waals surface area contributed by atoms with Crippen LogP contribution in [0.2, 0.25) is 0 Å². The van der Waals surface area contributed by atoms with Gasteiger partial charge in [-0.2, -0.15) is 0 Å². The molecule has 0 spiro atoms. The maximum atomic E-state index is 6.20. The zero-order valence-corrected chi connectivity index (χ0v) is 17.8. The number of nitrogens with two attached hydrogens (primary N) is 1. The normalized spacial score (nSPS) is 17.8. The number of fused-ring (bicyclic) bond motifs is 2. The molecule has 1 aliphatic rings. The van der Waals surface area contributed by atoms with Crippen molar-refractivity contribution < 1.29 is 0 Å². The van der Waals surface area contributed by atoms with Gasteiger partial charge in [-0.3, -0.25) is 0 Å². The van der Waals surface area contributed by atoms with Gasteiger partial charge in [0.15, 0.2) is 0 Å². The number of aromatic nitrogens is 6. The Morgan fingerprint density at radius 1 is 1.13 bits per heavy atom. The molecule has 0 fully saturated rings. The molecule has 0 aromatic carbocycles. The molecule has 0 saturated heterocycles. The van der Waals surface area contributed by atoms with Gasteiger partial charge in [-0.05, 0) is 61.0 Å². The van der Waals surface area contributed by atoms with Crippen molar-refractivity contribution >= 4 is 28.2 Å². The molecule has 0 radical (unpaired) electrons. The van der Waals surface area contributed by atoms with Crippen LogP contribution in [0.4, 0.5) is 17.5 Å². The lowest BCUT2D eigenvalue weighted by Gasteiger charge is -2.29. The molecule has 9 heteroatoms. The summed E-state index contributed by atoms with van der Waals surface area (Å²) >= 11 is 0. The Hall–Kier alpha value is -3.59. The molecule has 0 aliphatic heterocycles. The number of hydrogen-bond donors (Lipinski definition) is 3.